The van der Waals surface area contributed by atoms with Crippen molar-refractivity contribution >= 4 is 12.3 Å². The van der Waals surface area contributed by atoms with Gasteiger partial charge in [0.2, 0.25) is 0 Å². The highest BCUT2D eigenvalue weighted by molar-refractivity contribution is 5.87. The minimum absolute atomic E-state index is 0.364. The first-order valence-electron chi connectivity index (χ1n) is 6.67. The summed E-state index contributed by atoms with van der Waals surface area (Å²) < 4.78 is 11.6. The van der Waals surface area contributed by atoms with Gasteiger partial charge < -0.3 is 14.7 Å². The standard InChI is InChI=1S/C17H15NO3/c19-18-10-14-9-15-7-4-8-16(17(15)21-12-14)20-11-13-5-2-1-3-6-13/h1-10,19H,11-12H2. The second-order valence-electron chi connectivity index (χ2n) is 4.70. The molecule has 0 amide bonds. The number of nitrogens with zero attached hydrogens (tertiary/aromatic N) is 1. The van der Waals surface area contributed by atoms with E-state index in [1.54, 1.807) is 0 Å². The molecule has 0 fully saturated rings. The third-order valence-corrected chi connectivity index (χ3v) is 3.19. The monoisotopic (exact) mass is 281 g/mol. The Bertz CT molecular complexity index is 678. The molecule has 0 spiro atoms. The van der Waals surface area contributed by atoms with E-state index in [1.165, 1.54) is 6.21 Å². The van der Waals surface area contributed by atoms with E-state index in [-0.39, 0.29) is 0 Å². The summed E-state index contributed by atoms with van der Waals surface area (Å²) in [5.74, 6) is 1.44. The molecule has 0 aromatic heterocycles. The second kappa shape index (κ2) is 6.13. The first kappa shape index (κ1) is 13.2. The van der Waals surface area contributed by atoms with E-state index in [4.69, 9.17) is 14.7 Å². The molecular formula is C17H15NO3. The van der Waals surface area contributed by atoms with Gasteiger partial charge >= 0.3 is 0 Å². The van der Waals surface area contributed by atoms with Crippen molar-refractivity contribution in [3.05, 3.63) is 65.2 Å². The third-order valence-electron chi connectivity index (χ3n) is 3.19. The SMILES string of the molecule is ON=CC1=Cc2cccc(OCc3ccccc3)c2OC1. The Morgan fingerprint density at radius 1 is 1.14 bits per heavy atom. The Morgan fingerprint density at radius 3 is 2.81 bits per heavy atom. The van der Waals surface area contributed by atoms with Gasteiger partial charge in [0.1, 0.15) is 13.2 Å². The summed E-state index contributed by atoms with van der Waals surface area (Å²) >= 11 is 0. The van der Waals surface area contributed by atoms with Gasteiger partial charge in [0.15, 0.2) is 11.5 Å². The van der Waals surface area contributed by atoms with Crippen LogP contribution in [-0.4, -0.2) is 18.0 Å². The van der Waals surface area contributed by atoms with Crippen LogP contribution >= 0.6 is 0 Å². The predicted octanol–water partition coefficient (Wildman–Crippen LogP) is 3.50. The third kappa shape index (κ3) is 3.05. The highest BCUT2D eigenvalue weighted by Gasteiger charge is 2.15. The van der Waals surface area contributed by atoms with Crippen LogP contribution in [-0.2, 0) is 6.61 Å². The van der Waals surface area contributed by atoms with Gasteiger partial charge in [0.05, 0.1) is 6.21 Å². The van der Waals surface area contributed by atoms with Crippen LogP contribution < -0.4 is 9.47 Å². The largest absolute Gasteiger partial charge is 0.485 e. The zero-order valence-electron chi connectivity index (χ0n) is 11.4. The lowest BCUT2D eigenvalue weighted by Gasteiger charge is -2.19. The van der Waals surface area contributed by atoms with Gasteiger partial charge in [0.25, 0.3) is 0 Å². The molecule has 2 aromatic rings. The highest BCUT2D eigenvalue weighted by Crippen LogP contribution is 2.35. The summed E-state index contributed by atoms with van der Waals surface area (Å²) in [6, 6.07) is 15.7. The van der Waals surface area contributed by atoms with Gasteiger partial charge in [-0.3, -0.25) is 0 Å². The Hall–Kier alpha value is -2.75. The number of ether oxygens (including phenoxy) is 2. The normalized spacial score (nSPS) is 13.4. The first-order chi connectivity index (χ1) is 10.4. The van der Waals surface area contributed by atoms with Crippen LogP contribution in [0.3, 0.4) is 0 Å². The minimum Gasteiger partial charge on any atom is -0.485 e. The number of rotatable bonds is 4. The van der Waals surface area contributed by atoms with Crippen molar-refractivity contribution in [1.29, 1.82) is 0 Å². The average molecular weight is 281 g/mol. The molecule has 1 aliphatic rings. The summed E-state index contributed by atoms with van der Waals surface area (Å²) in [5, 5.41) is 11.6. The van der Waals surface area contributed by atoms with E-state index >= 15 is 0 Å². The molecule has 2 aromatic carbocycles. The molecule has 0 saturated carbocycles. The van der Waals surface area contributed by atoms with Crippen LogP contribution in [0.4, 0.5) is 0 Å². The Morgan fingerprint density at radius 2 is 2.00 bits per heavy atom. The number of benzene rings is 2. The van der Waals surface area contributed by atoms with Gasteiger partial charge in [0, 0.05) is 11.1 Å². The molecule has 0 saturated heterocycles. The highest BCUT2D eigenvalue weighted by atomic mass is 16.5. The molecule has 4 nitrogen and oxygen atoms in total. The van der Waals surface area contributed by atoms with E-state index < -0.39 is 0 Å². The number of fused-ring (bicyclic) bond motifs is 1. The number of oxime groups is 1. The molecule has 1 heterocycles. The molecule has 1 N–H and O–H groups in total. The minimum atomic E-state index is 0.364. The van der Waals surface area contributed by atoms with Crippen LogP contribution in [0.1, 0.15) is 11.1 Å². The summed E-state index contributed by atoms with van der Waals surface area (Å²) in [4.78, 5) is 0. The fraction of sp³-hybridized carbons (Fsp3) is 0.118. The lowest BCUT2D eigenvalue weighted by atomic mass is 10.1. The van der Waals surface area contributed by atoms with E-state index in [0.29, 0.717) is 19.0 Å². The smallest absolute Gasteiger partial charge is 0.168 e. The molecule has 0 unspecified atom stereocenters. The summed E-state index contributed by atoms with van der Waals surface area (Å²) in [7, 11) is 0. The number of hydrogen-bond acceptors (Lipinski definition) is 4. The quantitative estimate of drug-likeness (QED) is 0.530. The molecule has 4 heteroatoms. The maximum Gasteiger partial charge on any atom is 0.168 e. The van der Waals surface area contributed by atoms with Gasteiger partial charge in [-0.25, -0.2) is 0 Å². The van der Waals surface area contributed by atoms with Crippen molar-refractivity contribution in [2.45, 2.75) is 6.61 Å². The van der Waals surface area contributed by atoms with E-state index in [2.05, 4.69) is 5.16 Å². The molecule has 0 aliphatic carbocycles. The van der Waals surface area contributed by atoms with Crippen molar-refractivity contribution in [2.75, 3.05) is 6.61 Å². The molecule has 106 valence electrons. The topological polar surface area (TPSA) is 51.1 Å². The zero-order valence-corrected chi connectivity index (χ0v) is 11.4. The van der Waals surface area contributed by atoms with Crippen LogP contribution in [0, 0.1) is 0 Å². The van der Waals surface area contributed by atoms with Gasteiger partial charge in [-0.2, -0.15) is 0 Å². The Balaban J connectivity index is 1.80. The van der Waals surface area contributed by atoms with Crippen molar-refractivity contribution in [3.63, 3.8) is 0 Å². The van der Waals surface area contributed by atoms with E-state index in [1.807, 2.05) is 54.6 Å². The summed E-state index contributed by atoms with van der Waals surface area (Å²) in [6.45, 7) is 0.859. The van der Waals surface area contributed by atoms with E-state index in [0.717, 1.165) is 22.4 Å². The van der Waals surface area contributed by atoms with Crippen molar-refractivity contribution in [2.24, 2.45) is 5.16 Å². The first-order valence-corrected chi connectivity index (χ1v) is 6.67. The van der Waals surface area contributed by atoms with Crippen molar-refractivity contribution < 1.29 is 14.7 Å². The lowest BCUT2D eigenvalue weighted by Crippen LogP contribution is -2.09. The predicted molar refractivity (Wildman–Crippen MR) is 81.0 cm³/mol. The fourth-order valence-electron chi connectivity index (χ4n) is 2.20. The molecule has 1 aliphatic heterocycles. The van der Waals surface area contributed by atoms with Crippen molar-refractivity contribution in [3.8, 4) is 11.5 Å². The van der Waals surface area contributed by atoms with Gasteiger partial charge in [-0.15, -0.1) is 0 Å². The fourth-order valence-corrected chi connectivity index (χ4v) is 2.20. The second-order valence-corrected chi connectivity index (χ2v) is 4.70. The molecule has 0 radical (unpaired) electrons. The Kier molecular flexibility index (Phi) is 3.87. The molecule has 0 bridgehead atoms. The number of hydrogen-bond donors (Lipinski definition) is 1. The molecule has 3 rings (SSSR count). The van der Waals surface area contributed by atoms with Gasteiger partial charge in [-0.05, 0) is 17.7 Å². The van der Waals surface area contributed by atoms with Crippen molar-refractivity contribution in [1.82, 2.24) is 0 Å². The van der Waals surface area contributed by atoms with Crippen LogP contribution in [0.15, 0.2) is 59.3 Å². The lowest BCUT2D eigenvalue weighted by molar-refractivity contribution is 0.272. The van der Waals surface area contributed by atoms with Crippen LogP contribution in [0.2, 0.25) is 0 Å². The molecular weight excluding hydrogens is 266 g/mol. The average Bonchev–Trinajstić information content (AvgIpc) is 2.54. The maximum absolute atomic E-state index is 8.58. The van der Waals surface area contributed by atoms with Crippen LogP contribution in [0.5, 0.6) is 11.5 Å². The van der Waals surface area contributed by atoms with Gasteiger partial charge in [-0.1, -0.05) is 47.6 Å². The summed E-state index contributed by atoms with van der Waals surface area (Å²) in [5.41, 5.74) is 2.83. The number of para-hydroxylation sites is 1. The molecule has 21 heavy (non-hydrogen) atoms. The summed E-state index contributed by atoms with van der Waals surface area (Å²) in [6.07, 6.45) is 3.30. The van der Waals surface area contributed by atoms with Crippen LogP contribution in [0.25, 0.3) is 6.08 Å². The van der Waals surface area contributed by atoms with E-state index in [9.17, 15) is 0 Å². The zero-order chi connectivity index (χ0) is 14.5. The molecule has 0 atom stereocenters. The Labute approximate surface area is 122 Å². The maximum atomic E-state index is 8.58.